The van der Waals surface area contributed by atoms with Crippen molar-refractivity contribution in [2.24, 2.45) is 0 Å². The number of hydrogen-bond acceptors (Lipinski definition) is 4. The zero-order chi connectivity index (χ0) is 19.0. The minimum absolute atomic E-state index is 0.200. The number of aromatic amines is 1. The van der Waals surface area contributed by atoms with Crippen LogP contribution in [0, 0.1) is 6.92 Å². The Labute approximate surface area is 156 Å². The molecule has 2 aromatic heterocycles. The van der Waals surface area contributed by atoms with Gasteiger partial charge in [0.2, 0.25) is 0 Å². The van der Waals surface area contributed by atoms with Crippen molar-refractivity contribution in [1.82, 2.24) is 9.97 Å². The molecule has 0 spiro atoms. The first-order chi connectivity index (χ1) is 13.0. The van der Waals surface area contributed by atoms with Gasteiger partial charge in [-0.2, -0.15) is 0 Å². The normalized spacial score (nSPS) is 11.3. The number of esters is 1. The summed E-state index contributed by atoms with van der Waals surface area (Å²) in [6.07, 6.45) is 1.47. The second-order valence-electron chi connectivity index (χ2n) is 6.69. The van der Waals surface area contributed by atoms with E-state index in [1.807, 2.05) is 69.3 Å². The van der Waals surface area contributed by atoms with Crippen LogP contribution in [-0.2, 0) is 4.74 Å². The number of nitrogens with one attached hydrogen (secondary N) is 1. The van der Waals surface area contributed by atoms with Gasteiger partial charge in [-0.15, -0.1) is 0 Å². The van der Waals surface area contributed by atoms with Gasteiger partial charge in [-0.05, 0) is 50.6 Å². The van der Waals surface area contributed by atoms with Crippen molar-refractivity contribution < 1.29 is 14.3 Å². The Kier molecular flexibility index (Phi) is 4.28. The Morgan fingerprint density at radius 3 is 2.52 bits per heavy atom. The van der Waals surface area contributed by atoms with Crippen molar-refractivity contribution in [3.8, 4) is 11.5 Å². The predicted molar refractivity (Wildman–Crippen MR) is 105 cm³/mol. The number of carbonyl (C=O) groups excluding carboxylic acids is 1. The van der Waals surface area contributed by atoms with Gasteiger partial charge in [0.25, 0.3) is 0 Å². The van der Waals surface area contributed by atoms with E-state index in [1.165, 1.54) is 0 Å². The molecule has 0 aliphatic rings. The second kappa shape index (κ2) is 6.76. The van der Waals surface area contributed by atoms with E-state index < -0.39 is 5.97 Å². The average Bonchev–Trinajstić information content (AvgIpc) is 3.02. The number of ether oxygens (including phenoxy) is 2. The van der Waals surface area contributed by atoms with Gasteiger partial charge < -0.3 is 14.5 Å². The third-order valence-corrected chi connectivity index (χ3v) is 4.37. The predicted octanol–water partition coefficient (Wildman–Crippen LogP) is 5.38. The number of nitrogens with zero attached hydrogens (tertiary/aromatic N) is 1. The van der Waals surface area contributed by atoms with Crippen molar-refractivity contribution in [3.05, 3.63) is 66.0 Å². The van der Waals surface area contributed by atoms with Crippen LogP contribution in [0.5, 0.6) is 11.5 Å². The number of H-pyrrole nitrogens is 1. The Hall–Kier alpha value is -3.34. The van der Waals surface area contributed by atoms with Crippen molar-refractivity contribution in [2.45, 2.75) is 26.9 Å². The van der Waals surface area contributed by atoms with Gasteiger partial charge in [0.15, 0.2) is 5.69 Å². The summed E-state index contributed by atoms with van der Waals surface area (Å²) >= 11 is 0. The minimum Gasteiger partial charge on any atom is -0.458 e. The van der Waals surface area contributed by atoms with Crippen LogP contribution in [0.25, 0.3) is 21.8 Å². The van der Waals surface area contributed by atoms with Crippen LogP contribution >= 0.6 is 0 Å². The van der Waals surface area contributed by atoms with Gasteiger partial charge in [0.05, 0.1) is 28.7 Å². The molecule has 0 fully saturated rings. The van der Waals surface area contributed by atoms with E-state index in [-0.39, 0.29) is 6.10 Å². The molecular weight excluding hydrogens is 340 g/mol. The lowest BCUT2D eigenvalue weighted by Crippen LogP contribution is -2.14. The molecule has 5 nitrogen and oxygen atoms in total. The monoisotopic (exact) mass is 360 g/mol. The molecule has 0 bridgehead atoms. The molecule has 0 aliphatic heterocycles. The molecule has 4 rings (SSSR count). The van der Waals surface area contributed by atoms with E-state index in [4.69, 9.17) is 9.47 Å². The van der Waals surface area contributed by atoms with Gasteiger partial charge >= 0.3 is 5.97 Å². The van der Waals surface area contributed by atoms with E-state index in [9.17, 15) is 4.79 Å². The van der Waals surface area contributed by atoms with Gasteiger partial charge in [0.1, 0.15) is 11.5 Å². The lowest BCUT2D eigenvalue weighted by molar-refractivity contribution is 0.0370. The molecule has 0 saturated heterocycles. The number of rotatable bonds is 4. The fourth-order valence-electron chi connectivity index (χ4n) is 3.24. The van der Waals surface area contributed by atoms with Crippen LogP contribution in [-0.4, -0.2) is 22.0 Å². The van der Waals surface area contributed by atoms with Crippen LogP contribution in [0.15, 0.2) is 54.7 Å². The van der Waals surface area contributed by atoms with E-state index in [2.05, 4.69) is 9.97 Å². The lowest BCUT2D eigenvalue weighted by Gasteiger charge is -2.11. The molecule has 5 heteroatoms. The number of pyridine rings is 1. The molecule has 0 unspecified atom stereocenters. The molecule has 4 aromatic rings. The van der Waals surface area contributed by atoms with Gasteiger partial charge in [-0.25, -0.2) is 9.78 Å². The number of fused-ring (bicyclic) bond motifs is 3. The van der Waals surface area contributed by atoms with Crippen LogP contribution in [0.3, 0.4) is 0 Å². The highest BCUT2D eigenvalue weighted by Gasteiger charge is 2.20. The largest absolute Gasteiger partial charge is 0.458 e. The summed E-state index contributed by atoms with van der Waals surface area (Å²) in [4.78, 5) is 20.1. The van der Waals surface area contributed by atoms with Crippen molar-refractivity contribution >= 4 is 27.8 Å². The number of para-hydroxylation sites is 1. The van der Waals surface area contributed by atoms with E-state index in [0.29, 0.717) is 5.69 Å². The van der Waals surface area contributed by atoms with Crippen molar-refractivity contribution in [3.63, 3.8) is 0 Å². The molecule has 0 aliphatic carbocycles. The summed E-state index contributed by atoms with van der Waals surface area (Å²) in [7, 11) is 0. The number of hydrogen-bond donors (Lipinski definition) is 1. The third kappa shape index (κ3) is 3.12. The summed E-state index contributed by atoms with van der Waals surface area (Å²) in [6.45, 7) is 5.53. The topological polar surface area (TPSA) is 64.2 Å². The first kappa shape index (κ1) is 17.1. The van der Waals surface area contributed by atoms with Crippen molar-refractivity contribution in [1.29, 1.82) is 0 Å². The molecule has 0 saturated carbocycles. The molecule has 2 aromatic carbocycles. The number of aromatic nitrogens is 2. The highest BCUT2D eigenvalue weighted by molar-refractivity contribution is 6.13. The second-order valence-corrected chi connectivity index (χ2v) is 6.69. The summed E-state index contributed by atoms with van der Waals surface area (Å²) in [5.41, 5.74) is 2.88. The fraction of sp³-hybridized carbons (Fsp3) is 0.182. The molecule has 0 amide bonds. The van der Waals surface area contributed by atoms with E-state index in [0.717, 1.165) is 38.9 Å². The van der Waals surface area contributed by atoms with Crippen molar-refractivity contribution in [2.75, 3.05) is 0 Å². The molecule has 27 heavy (non-hydrogen) atoms. The van der Waals surface area contributed by atoms with Crippen LogP contribution in [0.1, 0.15) is 29.9 Å². The molecule has 2 heterocycles. The molecule has 1 N–H and O–H groups in total. The summed E-state index contributed by atoms with van der Waals surface area (Å²) in [5.74, 6) is 1.06. The Morgan fingerprint density at radius 2 is 1.78 bits per heavy atom. The standard InChI is InChI=1S/C22H20N2O3/c1-13(2)26-22(25)21-14(3)19-17(12-23-21)24-16-10-7-11-18(20(16)19)27-15-8-5-4-6-9-15/h4-13,24H,1-3H3. The van der Waals surface area contributed by atoms with Gasteiger partial charge in [-0.1, -0.05) is 24.3 Å². The van der Waals surface area contributed by atoms with E-state index in [1.54, 1.807) is 6.20 Å². The minimum atomic E-state index is -0.416. The Balaban J connectivity index is 1.91. The highest BCUT2D eigenvalue weighted by Crippen LogP contribution is 2.37. The fourth-order valence-corrected chi connectivity index (χ4v) is 3.24. The maximum atomic E-state index is 12.4. The first-order valence-corrected chi connectivity index (χ1v) is 8.88. The zero-order valence-corrected chi connectivity index (χ0v) is 15.4. The molecule has 0 radical (unpaired) electrons. The van der Waals surface area contributed by atoms with Crippen LogP contribution < -0.4 is 4.74 Å². The maximum absolute atomic E-state index is 12.4. The van der Waals surface area contributed by atoms with Crippen LogP contribution in [0.2, 0.25) is 0 Å². The zero-order valence-electron chi connectivity index (χ0n) is 15.4. The molecular formula is C22H20N2O3. The molecule has 136 valence electrons. The first-order valence-electron chi connectivity index (χ1n) is 8.88. The Morgan fingerprint density at radius 1 is 1.00 bits per heavy atom. The van der Waals surface area contributed by atoms with E-state index >= 15 is 0 Å². The third-order valence-electron chi connectivity index (χ3n) is 4.37. The highest BCUT2D eigenvalue weighted by atomic mass is 16.5. The smallest absolute Gasteiger partial charge is 0.357 e. The average molecular weight is 360 g/mol. The van der Waals surface area contributed by atoms with Gasteiger partial charge in [-0.3, -0.25) is 0 Å². The molecule has 0 atom stereocenters. The Bertz CT molecular complexity index is 1130. The summed E-state index contributed by atoms with van der Waals surface area (Å²) < 4.78 is 11.5. The summed E-state index contributed by atoms with van der Waals surface area (Å²) in [5, 5.41) is 1.84. The SMILES string of the molecule is Cc1c(C(=O)OC(C)C)ncc2[nH]c3cccc(Oc4ccccc4)c3c12. The summed E-state index contributed by atoms with van der Waals surface area (Å²) in [6, 6.07) is 15.5. The lowest BCUT2D eigenvalue weighted by atomic mass is 10.1. The van der Waals surface area contributed by atoms with Crippen LogP contribution in [0.4, 0.5) is 0 Å². The number of carbonyl (C=O) groups is 1. The quantitative estimate of drug-likeness (QED) is 0.496. The number of benzene rings is 2. The van der Waals surface area contributed by atoms with Gasteiger partial charge in [0, 0.05) is 5.39 Å². The number of aryl methyl sites for hydroxylation is 1. The maximum Gasteiger partial charge on any atom is 0.357 e.